The molecule has 3 saturated heterocycles. The van der Waals surface area contributed by atoms with Gasteiger partial charge in [0.05, 0.1) is 35.8 Å². The molecule has 2 bridgehead atoms. The van der Waals surface area contributed by atoms with Crippen LogP contribution in [-0.4, -0.2) is 74.4 Å². The minimum absolute atomic E-state index is 0.00252. The average Bonchev–Trinajstić information content (AvgIpc) is 3.45. The van der Waals surface area contributed by atoms with E-state index in [-0.39, 0.29) is 34.4 Å². The molecule has 0 aromatic heterocycles. The van der Waals surface area contributed by atoms with Crippen LogP contribution in [0, 0.1) is 11.8 Å². The summed E-state index contributed by atoms with van der Waals surface area (Å²) in [6.45, 7) is 6.74. The summed E-state index contributed by atoms with van der Waals surface area (Å²) in [5, 5.41) is 16.0. The van der Waals surface area contributed by atoms with Crippen molar-refractivity contribution in [2.24, 2.45) is 11.8 Å². The largest absolute Gasteiger partial charge is 0.494 e. The van der Waals surface area contributed by atoms with Crippen LogP contribution in [0.4, 0.5) is 5.69 Å². The summed E-state index contributed by atoms with van der Waals surface area (Å²) < 4.78 is 4.77. The maximum atomic E-state index is 14.0. The number of aliphatic hydroxyl groups excluding tert-OH is 1. The number of amides is 3. The van der Waals surface area contributed by atoms with Crippen molar-refractivity contribution in [1.82, 2.24) is 10.2 Å². The number of halogens is 1. The first kappa shape index (κ1) is 27.3. The van der Waals surface area contributed by atoms with Crippen molar-refractivity contribution in [3.63, 3.8) is 0 Å². The van der Waals surface area contributed by atoms with E-state index in [0.717, 1.165) is 18.6 Å². The normalized spacial score (nSPS) is 31.3. The lowest BCUT2D eigenvalue weighted by atomic mass is 9.70. The van der Waals surface area contributed by atoms with Gasteiger partial charge in [0.25, 0.3) is 0 Å². The van der Waals surface area contributed by atoms with Gasteiger partial charge in [0.15, 0.2) is 0 Å². The minimum Gasteiger partial charge on any atom is -0.494 e. The summed E-state index contributed by atoms with van der Waals surface area (Å²) in [6, 6.07) is 5.99. The molecule has 3 unspecified atom stereocenters. The van der Waals surface area contributed by atoms with E-state index >= 15 is 0 Å². The number of anilines is 1. The summed E-state index contributed by atoms with van der Waals surface area (Å²) in [4.78, 5) is 42.8. The minimum atomic E-state index is -0.720. The molecule has 0 saturated carbocycles. The van der Waals surface area contributed by atoms with E-state index in [1.54, 1.807) is 40.9 Å². The number of thioether (sulfide) groups is 1. The Balaban J connectivity index is 1.65. The zero-order valence-corrected chi connectivity index (χ0v) is 23.4. The van der Waals surface area contributed by atoms with Gasteiger partial charge in [0.2, 0.25) is 17.7 Å². The van der Waals surface area contributed by atoms with Gasteiger partial charge in [-0.05, 0) is 50.5 Å². The van der Waals surface area contributed by atoms with Crippen LogP contribution in [0.1, 0.15) is 46.5 Å². The molecule has 1 aromatic rings. The number of likely N-dealkylation sites (tertiary alicyclic amines) is 1. The van der Waals surface area contributed by atoms with Crippen molar-refractivity contribution < 1.29 is 24.2 Å². The van der Waals surface area contributed by atoms with Gasteiger partial charge >= 0.3 is 0 Å². The fraction of sp³-hybridized carbons (Fsp3) is 0.654. The van der Waals surface area contributed by atoms with E-state index in [0.29, 0.717) is 31.7 Å². The number of unbranched alkanes of at least 4 members (excludes halogenated alkanes) is 1. The third kappa shape index (κ3) is 4.65. The van der Waals surface area contributed by atoms with Crippen LogP contribution in [-0.2, 0) is 14.4 Å². The van der Waals surface area contributed by atoms with Gasteiger partial charge in [-0.3, -0.25) is 14.4 Å². The SMILES string of the molecule is CCCCNC(=O)C1N([C@@H](CC)CO)C(=O)[C@@H]2[C@@H](C(=O)Nc3ccc(OCC)cc3)[C@@H]3SC12CC3Br. The van der Waals surface area contributed by atoms with Gasteiger partial charge in [-0.15, -0.1) is 11.8 Å². The van der Waals surface area contributed by atoms with E-state index in [9.17, 15) is 19.5 Å². The lowest BCUT2D eigenvalue weighted by Gasteiger charge is -2.37. The molecule has 10 heteroatoms. The van der Waals surface area contributed by atoms with E-state index in [4.69, 9.17) is 4.74 Å². The average molecular weight is 583 g/mol. The Bertz CT molecular complexity index is 975. The van der Waals surface area contributed by atoms with Gasteiger partial charge in [-0.2, -0.15) is 0 Å². The quantitative estimate of drug-likeness (QED) is 0.273. The van der Waals surface area contributed by atoms with Crippen molar-refractivity contribution in [3.8, 4) is 5.75 Å². The molecular formula is C26H36BrN3O5S. The number of hydrogen-bond donors (Lipinski definition) is 3. The van der Waals surface area contributed by atoms with Crippen LogP contribution >= 0.6 is 27.7 Å². The van der Waals surface area contributed by atoms with Crippen LogP contribution in [0.3, 0.4) is 0 Å². The van der Waals surface area contributed by atoms with Gasteiger partial charge in [0.1, 0.15) is 11.8 Å². The van der Waals surface area contributed by atoms with Crippen LogP contribution in [0.25, 0.3) is 0 Å². The Morgan fingerprint density at radius 2 is 1.97 bits per heavy atom. The molecule has 7 atom stereocenters. The van der Waals surface area contributed by atoms with Crippen LogP contribution < -0.4 is 15.4 Å². The number of carbonyl (C=O) groups excluding carboxylic acids is 3. The van der Waals surface area contributed by atoms with Crippen LogP contribution in [0.2, 0.25) is 0 Å². The zero-order chi connectivity index (χ0) is 26.0. The molecule has 36 heavy (non-hydrogen) atoms. The van der Waals surface area contributed by atoms with Crippen molar-refractivity contribution in [3.05, 3.63) is 24.3 Å². The molecule has 3 aliphatic rings. The Labute approximate surface area is 225 Å². The van der Waals surface area contributed by atoms with Crippen molar-refractivity contribution >= 4 is 51.1 Å². The lowest BCUT2D eigenvalue weighted by molar-refractivity contribution is -0.142. The molecule has 0 radical (unpaired) electrons. The highest BCUT2D eigenvalue weighted by Crippen LogP contribution is 2.68. The Morgan fingerprint density at radius 1 is 1.25 bits per heavy atom. The first-order valence-corrected chi connectivity index (χ1v) is 14.7. The third-order valence-electron chi connectivity index (χ3n) is 7.62. The summed E-state index contributed by atoms with van der Waals surface area (Å²) in [7, 11) is 0. The van der Waals surface area contributed by atoms with Gasteiger partial charge in [-0.1, -0.05) is 36.2 Å². The Morgan fingerprint density at radius 3 is 2.58 bits per heavy atom. The second-order valence-corrected chi connectivity index (χ2v) is 12.5. The molecule has 0 aliphatic carbocycles. The molecule has 1 aromatic carbocycles. The van der Waals surface area contributed by atoms with Gasteiger partial charge < -0.3 is 25.4 Å². The molecular weight excluding hydrogens is 546 g/mol. The van der Waals surface area contributed by atoms with Crippen LogP contribution in [0.5, 0.6) is 5.75 Å². The standard InChI is InChI=1S/C26H36BrN3O5S/c1-4-7-12-28-24(33)22-26-13-18(27)21(36-26)19(20(26)25(34)30(22)16(5-2)14-31)23(32)29-15-8-10-17(11-9-15)35-6-3/h8-11,16,18-22,31H,4-7,12-14H2,1-3H3,(H,28,33)(H,29,32)/t16-,18?,19+,20-,21+,22?,26?/m0/s1. The molecule has 3 aliphatic heterocycles. The van der Waals surface area contributed by atoms with Crippen molar-refractivity contribution in [1.29, 1.82) is 0 Å². The molecule has 3 fully saturated rings. The maximum absolute atomic E-state index is 14.0. The fourth-order valence-corrected chi connectivity index (χ4v) is 9.59. The highest BCUT2D eigenvalue weighted by molar-refractivity contribution is 9.09. The predicted octanol–water partition coefficient (Wildman–Crippen LogP) is 3.18. The second kappa shape index (κ2) is 11.3. The molecule has 3 amide bonds. The number of carbonyl (C=O) groups is 3. The number of hydrogen-bond acceptors (Lipinski definition) is 6. The summed E-state index contributed by atoms with van der Waals surface area (Å²) in [6.07, 6.45) is 2.95. The first-order valence-electron chi connectivity index (χ1n) is 12.9. The monoisotopic (exact) mass is 581 g/mol. The number of fused-ring (bicyclic) bond motifs is 1. The van der Waals surface area contributed by atoms with Crippen LogP contribution in [0.15, 0.2) is 24.3 Å². The highest BCUT2D eigenvalue weighted by atomic mass is 79.9. The number of nitrogens with one attached hydrogen (secondary N) is 2. The van der Waals surface area contributed by atoms with E-state index in [1.165, 1.54) is 0 Å². The van der Waals surface area contributed by atoms with E-state index in [1.807, 2.05) is 13.8 Å². The second-order valence-electron chi connectivity index (χ2n) is 9.74. The predicted molar refractivity (Wildman–Crippen MR) is 144 cm³/mol. The number of rotatable bonds is 11. The number of aliphatic hydroxyl groups is 1. The number of ether oxygens (including phenoxy) is 1. The molecule has 1 spiro atoms. The van der Waals surface area contributed by atoms with Gasteiger partial charge in [0, 0.05) is 22.3 Å². The summed E-state index contributed by atoms with van der Waals surface area (Å²) >= 11 is 5.37. The fourth-order valence-electron chi connectivity index (χ4n) is 5.99. The number of benzene rings is 1. The highest BCUT2D eigenvalue weighted by Gasteiger charge is 2.76. The first-order chi connectivity index (χ1) is 17.3. The number of nitrogens with zero attached hydrogens (tertiary/aromatic N) is 1. The topological polar surface area (TPSA) is 108 Å². The maximum Gasteiger partial charge on any atom is 0.244 e. The van der Waals surface area contributed by atoms with Gasteiger partial charge in [-0.25, -0.2) is 0 Å². The van der Waals surface area contributed by atoms with Crippen molar-refractivity contribution in [2.45, 2.75) is 73.4 Å². The summed E-state index contributed by atoms with van der Waals surface area (Å²) in [5.74, 6) is -1.09. The molecule has 4 rings (SSSR count). The molecule has 3 N–H and O–H groups in total. The third-order valence-corrected chi connectivity index (χ3v) is 10.8. The molecule has 3 heterocycles. The van der Waals surface area contributed by atoms with Crippen molar-refractivity contribution in [2.75, 3.05) is 25.1 Å². The number of alkyl halides is 1. The van der Waals surface area contributed by atoms with E-state index in [2.05, 4.69) is 33.5 Å². The Hall–Kier alpha value is -1.78. The smallest absolute Gasteiger partial charge is 0.244 e. The summed E-state index contributed by atoms with van der Waals surface area (Å²) in [5.41, 5.74) is 0.634. The molecule has 198 valence electrons. The van der Waals surface area contributed by atoms with E-state index < -0.39 is 28.7 Å². The zero-order valence-electron chi connectivity index (χ0n) is 21.0. The molecule has 8 nitrogen and oxygen atoms in total. The lowest BCUT2D eigenvalue weighted by Crippen LogP contribution is -2.57. The Kier molecular flexibility index (Phi) is 8.56.